The van der Waals surface area contributed by atoms with Crippen LogP contribution in [0, 0.1) is 39.9 Å². The van der Waals surface area contributed by atoms with Gasteiger partial charge in [0.15, 0.2) is 0 Å². The van der Waals surface area contributed by atoms with Crippen LogP contribution in [0.2, 0.25) is 0 Å². The average molecular weight is 926 g/mol. The zero-order valence-corrected chi connectivity index (χ0v) is 38.3. The SMILES string of the molecule is CO[Si]([N-][Si](OC)(OC)OC)(OC)OC.CO[Si]([N-][Si](OC)(OC)OC)(OC)OC.CO[Si]([N-][Si](OC)(OC)OC)(OC)OC.[Gd+3]. The minimum Gasteiger partial charge on any atom is -0.523 e. The van der Waals surface area contributed by atoms with Crippen molar-refractivity contribution in [3.05, 3.63) is 13.9 Å². The smallest absolute Gasteiger partial charge is 0.523 e. The van der Waals surface area contributed by atoms with Gasteiger partial charge in [-0.1, -0.05) is 0 Å². The van der Waals surface area contributed by atoms with Crippen molar-refractivity contribution < 1.29 is 120 Å². The largest absolute Gasteiger partial charge is 3.00 e. The molecule has 0 amide bonds. The monoisotopic (exact) mass is 926 g/mol. The second-order valence-electron chi connectivity index (χ2n) is 7.15. The summed E-state index contributed by atoms with van der Waals surface area (Å²) in [7, 11) is 7.43. The van der Waals surface area contributed by atoms with Crippen LogP contribution in [0.1, 0.15) is 0 Å². The third-order valence-corrected chi connectivity index (χ3v) is 21.3. The van der Waals surface area contributed by atoms with Crippen LogP contribution in [-0.2, 0) is 79.7 Å². The van der Waals surface area contributed by atoms with Gasteiger partial charge >= 0.3 is 93.7 Å². The molecule has 0 bridgehead atoms. The second kappa shape index (κ2) is 28.4. The average Bonchev–Trinajstić information content (AvgIpc) is 3.12. The Bertz CT molecular complexity index is 519. The van der Waals surface area contributed by atoms with E-state index in [1.807, 2.05) is 0 Å². The number of hydrogen-bond acceptors (Lipinski definition) is 18. The van der Waals surface area contributed by atoms with Crippen molar-refractivity contribution in [1.82, 2.24) is 0 Å². The van der Waals surface area contributed by atoms with Crippen LogP contribution in [0.3, 0.4) is 0 Å². The first-order chi connectivity index (χ1) is 21.2. The minimum atomic E-state index is -3.10. The summed E-state index contributed by atoms with van der Waals surface area (Å²) >= 11 is 0. The molecule has 0 heterocycles. The first-order valence-electron chi connectivity index (χ1n) is 12.4. The van der Waals surface area contributed by atoms with Gasteiger partial charge in [-0.15, -0.1) is 0 Å². The van der Waals surface area contributed by atoms with Crippen molar-refractivity contribution in [3.63, 3.8) is 0 Å². The normalized spacial score (nSPS) is 12.9. The van der Waals surface area contributed by atoms with Gasteiger partial charge in [-0.3, -0.25) is 0 Å². The van der Waals surface area contributed by atoms with Crippen molar-refractivity contribution in [2.75, 3.05) is 128 Å². The summed E-state index contributed by atoms with van der Waals surface area (Å²) in [6, 6.07) is 0. The molecule has 0 atom stereocenters. The van der Waals surface area contributed by atoms with Crippen LogP contribution in [0.25, 0.3) is 13.9 Å². The van der Waals surface area contributed by atoms with Crippen LogP contribution in [0.15, 0.2) is 0 Å². The minimum absolute atomic E-state index is 0. The zero-order valence-electron chi connectivity index (χ0n) is 30.0. The van der Waals surface area contributed by atoms with E-state index in [4.69, 9.17) is 79.7 Å². The van der Waals surface area contributed by atoms with E-state index in [1.165, 1.54) is 128 Å². The van der Waals surface area contributed by atoms with Crippen molar-refractivity contribution in [2.45, 2.75) is 0 Å². The summed E-state index contributed by atoms with van der Waals surface area (Å²) in [4.78, 5) is 0. The van der Waals surface area contributed by atoms with Gasteiger partial charge in [-0.25, -0.2) is 0 Å². The Balaban J connectivity index is -0.000000285. The van der Waals surface area contributed by atoms with Crippen molar-refractivity contribution in [2.24, 2.45) is 0 Å². The summed E-state index contributed by atoms with van der Waals surface area (Å²) in [5, 5.41) is 0. The van der Waals surface area contributed by atoms with Gasteiger partial charge in [0.25, 0.3) is 0 Å². The molecular weight excluding hydrogens is 872 g/mol. The molecule has 28 heteroatoms. The number of rotatable bonds is 24. The van der Waals surface area contributed by atoms with Crippen molar-refractivity contribution in [1.29, 1.82) is 0 Å². The first kappa shape index (κ1) is 54.6. The predicted molar refractivity (Wildman–Crippen MR) is 171 cm³/mol. The molecule has 0 saturated carbocycles. The molecule has 0 spiro atoms. The fraction of sp³-hybridized carbons (Fsp3) is 1.00. The van der Waals surface area contributed by atoms with Gasteiger partial charge in [0.2, 0.25) is 0 Å². The number of hydrogen-bond donors (Lipinski definition) is 0. The van der Waals surface area contributed by atoms with Crippen LogP contribution in [0.5, 0.6) is 0 Å². The molecule has 0 aromatic rings. The maximum Gasteiger partial charge on any atom is 3.00 e. The molecule has 21 nitrogen and oxygen atoms in total. The van der Waals surface area contributed by atoms with Gasteiger partial charge in [0, 0.05) is 128 Å². The van der Waals surface area contributed by atoms with E-state index >= 15 is 0 Å². The molecule has 0 aliphatic carbocycles. The number of nitrogens with zero attached hydrogens (tertiary/aromatic N) is 3. The van der Waals surface area contributed by atoms with Crippen LogP contribution in [-0.4, -0.2) is 182 Å². The second-order valence-corrected chi connectivity index (χ2v) is 23.5. The van der Waals surface area contributed by atoms with Gasteiger partial charge in [0.05, 0.1) is 0 Å². The molecule has 0 aromatic heterocycles. The molecule has 0 aliphatic heterocycles. The molecule has 0 aliphatic rings. The van der Waals surface area contributed by atoms with Crippen LogP contribution < -0.4 is 0 Å². The summed E-state index contributed by atoms with van der Waals surface area (Å²) < 4.78 is 105. The summed E-state index contributed by atoms with van der Waals surface area (Å²) in [6.07, 6.45) is 0. The van der Waals surface area contributed by atoms with E-state index in [0.29, 0.717) is 0 Å². The van der Waals surface area contributed by atoms with Gasteiger partial charge in [-0.05, 0) is 0 Å². The standard InChI is InChI=1S/3C6H18NO6Si2.Gd/c3*1-8-14(9-2,10-3)7-15(11-4,12-5)13-6;/h3*1-6H3;/q3*-1;+3. The Morgan fingerprint density at radius 2 is 0.261 bits per heavy atom. The maximum atomic E-state index is 5.12. The fourth-order valence-corrected chi connectivity index (χ4v) is 16.4. The molecule has 0 unspecified atom stereocenters. The molecule has 0 saturated heterocycles. The third-order valence-electron chi connectivity index (χ3n) is 5.46. The van der Waals surface area contributed by atoms with Crippen LogP contribution in [0.4, 0.5) is 0 Å². The predicted octanol–water partition coefficient (Wildman–Crippen LogP) is 0.329. The summed E-state index contributed by atoms with van der Waals surface area (Å²) in [5.74, 6) is 0. The summed E-state index contributed by atoms with van der Waals surface area (Å²) in [6.45, 7) is 0. The molecule has 46 heavy (non-hydrogen) atoms. The van der Waals surface area contributed by atoms with Gasteiger partial charge < -0.3 is 93.6 Å². The Morgan fingerprint density at radius 1 is 0.196 bits per heavy atom. The van der Waals surface area contributed by atoms with Crippen LogP contribution >= 0.6 is 0 Å². The first-order valence-corrected chi connectivity index (χ1v) is 22.4. The zero-order chi connectivity index (χ0) is 35.8. The Kier molecular flexibility index (Phi) is 33.7. The Labute approximate surface area is 313 Å². The van der Waals surface area contributed by atoms with Crippen molar-refractivity contribution >= 4 is 53.8 Å². The van der Waals surface area contributed by atoms with Gasteiger partial charge in [0.1, 0.15) is 0 Å². The van der Waals surface area contributed by atoms with Crippen molar-refractivity contribution in [3.8, 4) is 0 Å². The maximum absolute atomic E-state index is 5.12. The Hall–Kier alpha value is 1.79. The van der Waals surface area contributed by atoms with E-state index < -0.39 is 53.8 Å². The van der Waals surface area contributed by atoms with E-state index in [-0.39, 0.29) is 39.9 Å². The molecule has 0 rings (SSSR count). The molecular formula is C18H54GdN3O18Si6. The molecule has 0 N–H and O–H groups in total. The summed E-state index contributed by atoms with van der Waals surface area (Å²) in [5.41, 5.74) is 0. The molecule has 0 aromatic carbocycles. The molecule has 281 valence electrons. The fourth-order valence-electron chi connectivity index (χ4n) is 2.82. The van der Waals surface area contributed by atoms with E-state index in [1.54, 1.807) is 0 Å². The van der Waals surface area contributed by atoms with E-state index in [0.717, 1.165) is 0 Å². The topological polar surface area (TPSA) is 208 Å². The quantitative estimate of drug-likeness (QED) is 0.120. The van der Waals surface area contributed by atoms with E-state index in [9.17, 15) is 0 Å². The third kappa shape index (κ3) is 16.9. The van der Waals surface area contributed by atoms with E-state index in [2.05, 4.69) is 13.9 Å². The molecule has 0 fully saturated rings. The van der Waals surface area contributed by atoms with Gasteiger partial charge in [-0.2, -0.15) is 0 Å². The Morgan fingerprint density at radius 3 is 0.304 bits per heavy atom. The molecule has 1 radical (unpaired) electrons.